The summed E-state index contributed by atoms with van der Waals surface area (Å²) in [6, 6.07) is 8.49. The Labute approximate surface area is 103 Å². The smallest absolute Gasteiger partial charge is 0.101 e. The number of nitrogens with two attached hydrogens (primary N) is 1. The molecule has 1 atom stereocenters. The first-order valence-electron chi connectivity index (χ1n) is 6.11. The van der Waals surface area contributed by atoms with Crippen LogP contribution in [0.15, 0.2) is 18.2 Å². The van der Waals surface area contributed by atoms with Crippen LogP contribution in [-0.2, 0) is 0 Å². The van der Waals surface area contributed by atoms with E-state index >= 15 is 0 Å². The number of hydrogen-bond donors (Lipinski definition) is 1. The first-order chi connectivity index (χ1) is 8.19. The highest BCUT2D eigenvalue weighted by atomic mass is 15.2. The molecular formula is C14H19N3. The maximum atomic E-state index is 9.19. The second-order valence-electron chi connectivity index (χ2n) is 4.83. The molecule has 2 N–H and O–H groups in total. The van der Waals surface area contributed by atoms with Gasteiger partial charge in [0.2, 0.25) is 0 Å². The standard InChI is InChI=1S/C14H19N3/c1-10-4-3-5-12(8-15)14(10)17(2)13(9-16)11-6-7-11/h3-5,11,13H,6-7,9,16H2,1-2H3. The fourth-order valence-electron chi connectivity index (χ4n) is 2.53. The van der Waals surface area contributed by atoms with Crippen molar-refractivity contribution in [2.75, 3.05) is 18.5 Å². The first-order valence-corrected chi connectivity index (χ1v) is 6.11. The summed E-state index contributed by atoms with van der Waals surface area (Å²) in [5.41, 5.74) is 8.79. The number of nitriles is 1. The molecule has 3 nitrogen and oxygen atoms in total. The number of likely N-dealkylation sites (N-methyl/N-ethyl adjacent to an activating group) is 1. The summed E-state index contributed by atoms with van der Waals surface area (Å²) in [5.74, 6) is 0.705. The number of aryl methyl sites for hydroxylation is 1. The molecule has 0 aromatic heterocycles. The molecule has 0 bridgehead atoms. The van der Waals surface area contributed by atoms with Gasteiger partial charge in [0.05, 0.1) is 11.3 Å². The van der Waals surface area contributed by atoms with Gasteiger partial charge in [0.1, 0.15) is 6.07 Å². The van der Waals surface area contributed by atoms with Crippen molar-refractivity contribution in [3.63, 3.8) is 0 Å². The number of hydrogen-bond acceptors (Lipinski definition) is 3. The highest BCUT2D eigenvalue weighted by Gasteiger charge is 2.33. The van der Waals surface area contributed by atoms with Crippen LogP contribution in [0.4, 0.5) is 5.69 Å². The second-order valence-corrected chi connectivity index (χ2v) is 4.83. The van der Waals surface area contributed by atoms with Crippen LogP contribution in [0.2, 0.25) is 0 Å². The average molecular weight is 229 g/mol. The molecule has 90 valence electrons. The van der Waals surface area contributed by atoms with E-state index in [2.05, 4.69) is 18.0 Å². The van der Waals surface area contributed by atoms with Gasteiger partial charge in [0.15, 0.2) is 0 Å². The van der Waals surface area contributed by atoms with E-state index in [-0.39, 0.29) is 0 Å². The molecular weight excluding hydrogens is 210 g/mol. The van der Waals surface area contributed by atoms with Gasteiger partial charge in [-0.05, 0) is 37.3 Å². The number of anilines is 1. The lowest BCUT2D eigenvalue weighted by Gasteiger charge is -2.31. The zero-order valence-electron chi connectivity index (χ0n) is 10.5. The quantitative estimate of drug-likeness (QED) is 0.859. The topological polar surface area (TPSA) is 53.0 Å². The normalized spacial score (nSPS) is 16.4. The molecule has 17 heavy (non-hydrogen) atoms. The Bertz CT molecular complexity index is 443. The Balaban J connectivity index is 2.35. The molecule has 1 fully saturated rings. The van der Waals surface area contributed by atoms with Gasteiger partial charge < -0.3 is 10.6 Å². The molecule has 0 spiro atoms. The van der Waals surface area contributed by atoms with Crippen LogP contribution >= 0.6 is 0 Å². The fourth-order valence-corrected chi connectivity index (χ4v) is 2.53. The van der Waals surface area contributed by atoms with E-state index in [4.69, 9.17) is 5.73 Å². The number of nitrogens with zero attached hydrogens (tertiary/aromatic N) is 2. The van der Waals surface area contributed by atoms with Crippen molar-refractivity contribution in [1.82, 2.24) is 0 Å². The minimum Gasteiger partial charge on any atom is -0.369 e. The molecule has 1 saturated carbocycles. The first kappa shape index (κ1) is 11.9. The predicted octanol–water partition coefficient (Wildman–Crippen LogP) is 2.04. The third-order valence-electron chi connectivity index (χ3n) is 3.62. The predicted molar refractivity (Wildman–Crippen MR) is 69.9 cm³/mol. The van der Waals surface area contributed by atoms with Crippen LogP contribution in [-0.4, -0.2) is 19.6 Å². The fraction of sp³-hybridized carbons (Fsp3) is 0.500. The molecule has 1 aromatic carbocycles. The molecule has 2 rings (SSSR count). The van der Waals surface area contributed by atoms with Crippen LogP contribution in [0.1, 0.15) is 24.0 Å². The molecule has 1 unspecified atom stereocenters. The van der Waals surface area contributed by atoms with E-state index < -0.39 is 0 Å². The number of benzene rings is 1. The van der Waals surface area contributed by atoms with Crippen LogP contribution in [0.3, 0.4) is 0 Å². The van der Waals surface area contributed by atoms with Gasteiger partial charge in [0, 0.05) is 19.6 Å². The number of rotatable bonds is 4. The van der Waals surface area contributed by atoms with Crippen molar-refractivity contribution in [3.8, 4) is 6.07 Å². The molecule has 3 heteroatoms. The zero-order chi connectivity index (χ0) is 12.4. The number of para-hydroxylation sites is 1. The minimum atomic E-state index is 0.364. The van der Waals surface area contributed by atoms with Gasteiger partial charge >= 0.3 is 0 Å². The third kappa shape index (κ3) is 2.27. The van der Waals surface area contributed by atoms with Gasteiger partial charge in [-0.3, -0.25) is 0 Å². The lowest BCUT2D eigenvalue weighted by molar-refractivity contribution is 0.569. The minimum absolute atomic E-state index is 0.364. The van der Waals surface area contributed by atoms with Crippen LogP contribution in [0.25, 0.3) is 0 Å². The molecule has 1 aliphatic rings. The summed E-state index contributed by atoms with van der Waals surface area (Å²) in [7, 11) is 2.05. The Morgan fingerprint density at radius 3 is 2.76 bits per heavy atom. The van der Waals surface area contributed by atoms with Crippen molar-refractivity contribution in [1.29, 1.82) is 5.26 Å². The van der Waals surface area contributed by atoms with Gasteiger partial charge in [-0.1, -0.05) is 12.1 Å². The van der Waals surface area contributed by atoms with Gasteiger partial charge in [0.25, 0.3) is 0 Å². The maximum Gasteiger partial charge on any atom is 0.101 e. The van der Waals surface area contributed by atoms with Crippen molar-refractivity contribution < 1.29 is 0 Å². The highest BCUT2D eigenvalue weighted by molar-refractivity contribution is 5.64. The van der Waals surface area contributed by atoms with E-state index in [0.29, 0.717) is 18.5 Å². The summed E-state index contributed by atoms with van der Waals surface area (Å²) < 4.78 is 0. The monoisotopic (exact) mass is 229 g/mol. The van der Waals surface area contributed by atoms with Crippen LogP contribution in [0, 0.1) is 24.2 Å². The van der Waals surface area contributed by atoms with Crippen molar-refractivity contribution in [3.05, 3.63) is 29.3 Å². The molecule has 1 aliphatic carbocycles. The van der Waals surface area contributed by atoms with Gasteiger partial charge in [-0.15, -0.1) is 0 Å². The maximum absolute atomic E-state index is 9.19. The van der Waals surface area contributed by atoms with E-state index in [1.54, 1.807) is 0 Å². The Morgan fingerprint density at radius 1 is 1.53 bits per heavy atom. The lowest BCUT2D eigenvalue weighted by Crippen LogP contribution is -2.40. The highest BCUT2D eigenvalue weighted by Crippen LogP contribution is 2.37. The molecule has 1 aromatic rings. The summed E-state index contributed by atoms with van der Waals surface area (Å²) >= 11 is 0. The third-order valence-corrected chi connectivity index (χ3v) is 3.62. The van der Waals surface area contributed by atoms with E-state index in [0.717, 1.165) is 16.8 Å². The lowest BCUT2D eigenvalue weighted by atomic mass is 10.0. The molecule has 0 amide bonds. The van der Waals surface area contributed by atoms with Crippen molar-refractivity contribution in [2.24, 2.45) is 11.7 Å². The molecule has 0 radical (unpaired) electrons. The van der Waals surface area contributed by atoms with Crippen molar-refractivity contribution in [2.45, 2.75) is 25.8 Å². The summed E-state index contributed by atoms with van der Waals surface area (Å²) in [5, 5.41) is 9.19. The Morgan fingerprint density at radius 2 is 2.24 bits per heavy atom. The van der Waals surface area contributed by atoms with Gasteiger partial charge in [-0.25, -0.2) is 0 Å². The largest absolute Gasteiger partial charge is 0.369 e. The SMILES string of the molecule is Cc1cccc(C#N)c1N(C)C(CN)C1CC1. The summed E-state index contributed by atoms with van der Waals surface area (Å²) in [6.07, 6.45) is 2.53. The van der Waals surface area contributed by atoms with E-state index in [1.165, 1.54) is 12.8 Å². The summed E-state index contributed by atoms with van der Waals surface area (Å²) in [4.78, 5) is 2.20. The second kappa shape index (κ2) is 4.77. The Hall–Kier alpha value is -1.53. The van der Waals surface area contributed by atoms with Gasteiger partial charge in [-0.2, -0.15) is 5.26 Å². The summed E-state index contributed by atoms with van der Waals surface area (Å²) in [6.45, 7) is 2.70. The van der Waals surface area contributed by atoms with Crippen molar-refractivity contribution >= 4 is 5.69 Å². The van der Waals surface area contributed by atoms with Crippen LogP contribution < -0.4 is 10.6 Å². The molecule has 0 aliphatic heterocycles. The molecule has 0 saturated heterocycles. The van der Waals surface area contributed by atoms with Crippen LogP contribution in [0.5, 0.6) is 0 Å². The van der Waals surface area contributed by atoms with E-state index in [1.807, 2.05) is 25.1 Å². The molecule has 0 heterocycles. The average Bonchev–Trinajstić information content (AvgIpc) is 3.13. The van der Waals surface area contributed by atoms with E-state index in [9.17, 15) is 5.26 Å². The Kier molecular flexibility index (Phi) is 3.35. The zero-order valence-corrected chi connectivity index (χ0v) is 10.5.